The van der Waals surface area contributed by atoms with Gasteiger partial charge in [-0.1, -0.05) is 0 Å². The molecule has 1 aliphatic heterocycles. The van der Waals surface area contributed by atoms with Crippen molar-refractivity contribution >= 4 is 32.1 Å². The minimum Gasteiger partial charge on any atom is -0.309 e. The molecule has 0 bridgehead atoms. The van der Waals surface area contributed by atoms with Crippen LogP contribution in [0.15, 0.2) is 17.5 Å². The average Bonchev–Trinajstić information content (AvgIpc) is 2.78. The van der Waals surface area contributed by atoms with Crippen molar-refractivity contribution in [2.24, 2.45) is 0 Å². The highest BCUT2D eigenvalue weighted by Gasteiger charge is 2.18. The van der Waals surface area contributed by atoms with Gasteiger partial charge in [0.25, 0.3) is 0 Å². The first kappa shape index (κ1) is 7.97. The highest BCUT2D eigenvalue weighted by molar-refractivity contribution is 7.26. The van der Waals surface area contributed by atoms with Crippen molar-refractivity contribution in [3.63, 3.8) is 0 Å². The molecule has 1 N–H and O–H groups in total. The molecule has 1 saturated heterocycles. The van der Waals surface area contributed by atoms with E-state index in [0.717, 1.165) is 0 Å². The molecule has 2 aromatic heterocycles. The molecule has 3 heterocycles. The van der Waals surface area contributed by atoms with Crippen molar-refractivity contribution in [2.45, 2.75) is 18.9 Å². The van der Waals surface area contributed by atoms with Gasteiger partial charge in [-0.2, -0.15) is 0 Å². The van der Waals surface area contributed by atoms with Crippen LogP contribution in [-0.2, 0) is 0 Å². The first-order valence-corrected chi connectivity index (χ1v) is 6.33. The second-order valence-corrected chi connectivity index (χ2v) is 5.51. The van der Waals surface area contributed by atoms with E-state index in [2.05, 4.69) is 22.8 Å². The number of hydrogen-bond acceptors (Lipinski definition) is 3. The van der Waals surface area contributed by atoms with Gasteiger partial charge in [0.05, 0.1) is 0 Å². The quantitative estimate of drug-likeness (QED) is 0.759. The van der Waals surface area contributed by atoms with E-state index in [0.29, 0.717) is 6.04 Å². The van der Waals surface area contributed by atoms with Crippen LogP contribution in [0.5, 0.6) is 0 Å². The second kappa shape index (κ2) is 3.08. The van der Waals surface area contributed by atoms with E-state index in [1.54, 1.807) is 0 Å². The molecular formula is C10H11NS2. The molecule has 0 aromatic carbocycles. The lowest BCUT2D eigenvalue weighted by Crippen LogP contribution is -2.11. The lowest BCUT2D eigenvalue weighted by molar-refractivity contribution is 0.660. The van der Waals surface area contributed by atoms with Crippen LogP contribution in [0.2, 0.25) is 0 Å². The van der Waals surface area contributed by atoms with Crippen LogP contribution < -0.4 is 5.32 Å². The maximum atomic E-state index is 3.54. The zero-order valence-electron chi connectivity index (χ0n) is 7.25. The van der Waals surface area contributed by atoms with Crippen LogP contribution in [0.4, 0.5) is 0 Å². The topological polar surface area (TPSA) is 12.0 Å². The van der Waals surface area contributed by atoms with E-state index in [-0.39, 0.29) is 0 Å². The fraction of sp³-hybridized carbons (Fsp3) is 0.400. The summed E-state index contributed by atoms with van der Waals surface area (Å²) >= 11 is 3.80. The van der Waals surface area contributed by atoms with Gasteiger partial charge >= 0.3 is 0 Å². The second-order valence-electron chi connectivity index (χ2n) is 3.45. The van der Waals surface area contributed by atoms with Crippen LogP contribution in [0, 0.1) is 0 Å². The third-order valence-electron chi connectivity index (χ3n) is 2.56. The Balaban J connectivity index is 2.02. The van der Waals surface area contributed by atoms with E-state index in [9.17, 15) is 0 Å². The Morgan fingerprint density at radius 2 is 2.38 bits per heavy atom. The summed E-state index contributed by atoms with van der Waals surface area (Å²) in [6, 6.07) is 5.22. The molecule has 3 heteroatoms. The molecule has 1 nitrogen and oxygen atoms in total. The van der Waals surface area contributed by atoms with Gasteiger partial charge in [0, 0.05) is 20.3 Å². The molecule has 1 aliphatic rings. The molecule has 0 saturated carbocycles. The third-order valence-corrected chi connectivity index (χ3v) is 4.77. The lowest BCUT2D eigenvalue weighted by Gasteiger charge is -2.05. The van der Waals surface area contributed by atoms with E-state index in [4.69, 9.17) is 0 Å². The van der Waals surface area contributed by atoms with Gasteiger partial charge in [-0.15, -0.1) is 22.7 Å². The van der Waals surface area contributed by atoms with Gasteiger partial charge in [0.2, 0.25) is 0 Å². The van der Waals surface area contributed by atoms with E-state index in [1.165, 1.54) is 33.7 Å². The summed E-state index contributed by atoms with van der Waals surface area (Å²) in [5.41, 5.74) is 0. The van der Waals surface area contributed by atoms with Crippen LogP contribution in [0.3, 0.4) is 0 Å². The Bertz CT molecular complexity index is 381. The molecule has 68 valence electrons. The summed E-state index contributed by atoms with van der Waals surface area (Å²) in [5, 5.41) is 5.71. The molecule has 1 fully saturated rings. The van der Waals surface area contributed by atoms with Crippen LogP contribution in [0.1, 0.15) is 23.8 Å². The number of hydrogen-bond donors (Lipinski definition) is 1. The van der Waals surface area contributed by atoms with E-state index < -0.39 is 0 Å². The first-order valence-electron chi connectivity index (χ1n) is 4.64. The molecular weight excluding hydrogens is 198 g/mol. The van der Waals surface area contributed by atoms with Gasteiger partial charge in [-0.25, -0.2) is 0 Å². The minimum absolute atomic E-state index is 0.643. The van der Waals surface area contributed by atoms with Crippen molar-refractivity contribution in [1.29, 1.82) is 0 Å². The van der Waals surface area contributed by atoms with E-state index >= 15 is 0 Å². The van der Waals surface area contributed by atoms with Crippen molar-refractivity contribution in [3.05, 3.63) is 22.4 Å². The summed E-state index contributed by atoms with van der Waals surface area (Å²) < 4.78 is 2.90. The summed E-state index contributed by atoms with van der Waals surface area (Å²) in [6.07, 6.45) is 2.64. The summed E-state index contributed by atoms with van der Waals surface area (Å²) in [4.78, 5) is 1.53. The number of rotatable bonds is 1. The van der Waals surface area contributed by atoms with Crippen molar-refractivity contribution in [2.75, 3.05) is 6.54 Å². The number of thiophene rings is 2. The standard InChI is InChI=1S/C10H11NS2/c1-2-7(11-4-1)9-6-10-8(13-9)3-5-12-10/h3,5-7,11H,1-2,4H2. The predicted octanol–water partition coefficient (Wildman–Crippen LogP) is 3.39. The third kappa shape index (κ3) is 1.31. The van der Waals surface area contributed by atoms with Crippen molar-refractivity contribution in [1.82, 2.24) is 5.32 Å². The average molecular weight is 209 g/mol. The Labute approximate surface area is 85.4 Å². The molecule has 1 atom stereocenters. The van der Waals surface area contributed by atoms with Crippen LogP contribution in [0.25, 0.3) is 9.40 Å². The molecule has 0 spiro atoms. The summed E-state index contributed by atoms with van der Waals surface area (Å²) in [5.74, 6) is 0. The molecule has 3 rings (SSSR count). The van der Waals surface area contributed by atoms with Crippen LogP contribution in [-0.4, -0.2) is 6.54 Å². The molecule has 0 aliphatic carbocycles. The molecule has 0 amide bonds. The van der Waals surface area contributed by atoms with E-state index in [1.807, 2.05) is 22.7 Å². The SMILES string of the molecule is c1cc2sc(C3CCCN3)cc2s1. The Hall–Kier alpha value is -0.380. The predicted molar refractivity (Wildman–Crippen MR) is 59.7 cm³/mol. The van der Waals surface area contributed by atoms with Gasteiger partial charge < -0.3 is 5.32 Å². The monoisotopic (exact) mass is 209 g/mol. The Morgan fingerprint density at radius 1 is 1.38 bits per heavy atom. The summed E-state index contributed by atoms with van der Waals surface area (Å²) in [6.45, 7) is 1.19. The zero-order chi connectivity index (χ0) is 8.67. The number of fused-ring (bicyclic) bond motifs is 1. The van der Waals surface area contributed by atoms with Crippen LogP contribution >= 0.6 is 22.7 Å². The van der Waals surface area contributed by atoms with Gasteiger partial charge in [-0.05, 0) is 36.9 Å². The minimum atomic E-state index is 0.643. The summed E-state index contributed by atoms with van der Waals surface area (Å²) in [7, 11) is 0. The van der Waals surface area contributed by atoms with Gasteiger partial charge in [-0.3, -0.25) is 0 Å². The zero-order valence-corrected chi connectivity index (χ0v) is 8.88. The smallest absolute Gasteiger partial charge is 0.0454 e. The fourth-order valence-electron chi connectivity index (χ4n) is 1.88. The maximum absolute atomic E-state index is 3.54. The maximum Gasteiger partial charge on any atom is 0.0454 e. The molecule has 1 unspecified atom stereocenters. The van der Waals surface area contributed by atoms with Crippen molar-refractivity contribution < 1.29 is 0 Å². The lowest BCUT2D eigenvalue weighted by atomic mass is 10.2. The molecule has 0 radical (unpaired) electrons. The highest BCUT2D eigenvalue weighted by atomic mass is 32.1. The Morgan fingerprint density at radius 3 is 3.15 bits per heavy atom. The van der Waals surface area contributed by atoms with Gasteiger partial charge in [0.1, 0.15) is 0 Å². The first-order chi connectivity index (χ1) is 6.43. The highest BCUT2D eigenvalue weighted by Crippen LogP contribution is 2.35. The molecule has 2 aromatic rings. The number of nitrogens with one attached hydrogen (secondary N) is 1. The normalized spacial score (nSPS) is 22.9. The van der Waals surface area contributed by atoms with Crippen molar-refractivity contribution in [3.8, 4) is 0 Å². The van der Waals surface area contributed by atoms with Gasteiger partial charge in [0.15, 0.2) is 0 Å². The largest absolute Gasteiger partial charge is 0.309 e. The molecule has 13 heavy (non-hydrogen) atoms. The fourth-order valence-corrected chi connectivity index (χ4v) is 4.11. The Kier molecular flexibility index (Phi) is 1.89.